The highest BCUT2D eigenvalue weighted by atomic mass is 16.1. The van der Waals surface area contributed by atoms with Gasteiger partial charge in [-0.2, -0.15) is 5.26 Å². The predicted molar refractivity (Wildman–Crippen MR) is 36.2 cm³/mol. The van der Waals surface area contributed by atoms with Crippen molar-refractivity contribution < 1.29 is 4.79 Å². The molecule has 0 saturated carbocycles. The van der Waals surface area contributed by atoms with Gasteiger partial charge in [0.25, 0.3) is 0 Å². The normalized spacial score (nSPS) is 28.0. The van der Waals surface area contributed by atoms with Crippen LogP contribution >= 0.6 is 0 Å². The molecule has 3 nitrogen and oxygen atoms in total. The van der Waals surface area contributed by atoms with E-state index in [0.29, 0.717) is 13.0 Å². The van der Waals surface area contributed by atoms with Crippen molar-refractivity contribution in [2.45, 2.75) is 6.42 Å². The smallest absolute Gasteiger partial charge is 0.163 e. The Hall–Kier alpha value is -0.880. The molecule has 1 rings (SSSR count). The maximum absolute atomic E-state index is 11.0. The number of hydrogen-bond donors (Lipinski definition) is 0. The van der Waals surface area contributed by atoms with Crippen molar-refractivity contribution in [1.82, 2.24) is 4.90 Å². The number of hydrogen-bond acceptors (Lipinski definition) is 3. The van der Waals surface area contributed by atoms with E-state index in [1.54, 1.807) is 0 Å². The molecule has 1 unspecified atom stereocenters. The average Bonchev–Trinajstić information content (AvgIpc) is 1.88. The molecular weight excluding hydrogens is 128 g/mol. The maximum Gasteiger partial charge on any atom is 0.163 e. The molecule has 10 heavy (non-hydrogen) atoms. The van der Waals surface area contributed by atoms with Crippen LogP contribution in [-0.4, -0.2) is 30.8 Å². The molecule has 0 aliphatic carbocycles. The highest BCUT2D eigenvalue weighted by molar-refractivity contribution is 5.85. The Balaban J connectivity index is 2.54. The highest BCUT2D eigenvalue weighted by Gasteiger charge is 2.24. The maximum atomic E-state index is 11.0. The van der Waals surface area contributed by atoms with Gasteiger partial charge in [-0.05, 0) is 20.0 Å². The van der Waals surface area contributed by atoms with Gasteiger partial charge in [0.1, 0.15) is 5.92 Å². The van der Waals surface area contributed by atoms with Crippen LogP contribution < -0.4 is 0 Å². The quantitative estimate of drug-likeness (QED) is 0.474. The Morgan fingerprint density at radius 2 is 2.50 bits per heavy atom. The van der Waals surface area contributed by atoms with E-state index in [9.17, 15) is 4.79 Å². The first-order chi connectivity index (χ1) is 4.74. The van der Waals surface area contributed by atoms with Crippen molar-refractivity contribution in [1.29, 1.82) is 5.26 Å². The van der Waals surface area contributed by atoms with Crippen molar-refractivity contribution in [2.24, 2.45) is 5.92 Å². The summed E-state index contributed by atoms with van der Waals surface area (Å²) >= 11 is 0. The molecule has 1 atom stereocenters. The Kier molecular flexibility index (Phi) is 2.03. The van der Waals surface area contributed by atoms with Crippen LogP contribution in [0.4, 0.5) is 0 Å². The second kappa shape index (κ2) is 2.80. The van der Waals surface area contributed by atoms with Gasteiger partial charge < -0.3 is 0 Å². The molecule has 0 spiro atoms. The molecule has 0 amide bonds. The first-order valence-corrected chi connectivity index (χ1v) is 3.35. The molecule has 3 heteroatoms. The zero-order chi connectivity index (χ0) is 7.56. The van der Waals surface area contributed by atoms with Crippen molar-refractivity contribution in [3.63, 3.8) is 0 Å². The summed E-state index contributed by atoms with van der Waals surface area (Å²) in [5.41, 5.74) is 0. The second-order valence-electron chi connectivity index (χ2n) is 2.67. The fourth-order valence-corrected chi connectivity index (χ4v) is 1.10. The van der Waals surface area contributed by atoms with E-state index in [4.69, 9.17) is 5.26 Å². The number of carbonyl (C=O) groups is 1. The van der Waals surface area contributed by atoms with E-state index in [0.717, 1.165) is 6.54 Å². The number of piperidine rings is 1. The van der Waals surface area contributed by atoms with Gasteiger partial charge >= 0.3 is 0 Å². The Morgan fingerprint density at radius 3 is 3.00 bits per heavy atom. The predicted octanol–water partition coefficient (Wildman–Crippen LogP) is 0.0308. The number of carbonyl (C=O) groups excluding carboxylic acids is 1. The lowest BCUT2D eigenvalue weighted by molar-refractivity contribution is -0.124. The van der Waals surface area contributed by atoms with E-state index in [1.165, 1.54) is 0 Å². The fourth-order valence-electron chi connectivity index (χ4n) is 1.10. The number of likely N-dealkylation sites (tertiary alicyclic amines) is 1. The minimum atomic E-state index is -0.337. The minimum absolute atomic E-state index is 0.0660. The van der Waals surface area contributed by atoms with Crippen LogP contribution in [0.25, 0.3) is 0 Å². The van der Waals surface area contributed by atoms with E-state index in [1.807, 2.05) is 18.0 Å². The third-order valence-corrected chi connectivity index (χ3v) is 1.77. The van der Waals surface area contributed by atoms with Crippen molar-refractivity contribution in [3.05, 3.63) is 0 Å². The Labute approximate surface area is 60.2 Å². The summed E-state index contributed by atoms with van der Waals surface area (Å²) in [6, 6.07) is 2.00. The monoisotopic (exact) mass is 138 g/mol. The summed E-state index contributed by atoms with van der Waals surface area (Å²) in [4.78, 5) is 12.9. The number of rotatable bonds is 0. The summed E-state index contributed by atoms with van der Waals surface area (Å²) in [7, 11) is 1.89. The van der Waals surface area contributed by atoms with Gasteiger partial charge in [-0.1, -0.05) is 0 Å². The summed E-state index contributed by atoms with van der Waals surface area (Å²) < 4.78 is 0. The molecule has 0 N–H and O–H groups in total. The van der Waals surface area contributed by atoms with Gasteiger partial charge in [-0.3, -0.25) is 9.69 Å². The molecule has 1 fully saturated rings. The summed E-state index contributed by atoms with van der Waals surface area (Å²) in [5.74, 6) is -0.271. The van der Waals surface area contributed by atoms with E-state index in [-0.39, 0.29) is 11.7 Å². The minimum Gasteiger partial charge on any atom is -0.299 e. The van der Waals surface area contributed by atoms with Crippen LogP contribution in [0.5, 0.6) is 0 Å². The molecular formula is C7H10N2O. The molecule has 0 radical (unpaired) electrons. The van der Waals surface area contributed by atoms with Gasteiger partial charge in [-0.15, -0.1) is 0 Å². The lowest BCUT2D eigenvalue weighted by Crippen LogP contribution is -2.37. The average molecular weight is 138 g/mol. The molecule has 0 aromatic rings. The van der Waals surface area contributed by atoms with E-state index < -0.39 is 0 Å². The van der Waals surface area contributed by atoms with Crippen LogP contribution in [0.2, 0.25) is 0 Å². The second-order valence-corrected chi connectivity index (χ2v) is 2.67. The largest absolute Gasteiger partial charge is 0.299 e. The lowest BCUT2D eigenvalue weighted by Gasteiger charge is -2.23. The molecule has 0 aromatic heterocycles. The Bertz CT molecular complexity index is 183. The fraction of sp³-hybridized carbons (Fsp3) is 0.714. The molecule has 1 aliphatic rings. The van der Waals surface area contributed by atoms with Gasteiger partial charge in [0, 0.05) is 0 Å². The molecule has 1 aliphatic heterocycles. The van der Waals surface area contributed by atoms with Crippen LogP contribution in [-0.2, 0) is 4.79 Å². The van der Waals surface area contributed by atoms with Crippen LogP contribution in [0, 0.1) is 17.2 Å². The third kappa shape index (κ3) is 1.34. The zero-order valence-corrected chi connectivity index (χ0v) is 6.00. The number of ketones is 1. The number of likely N-dealkylation sites (N-methyl/N-ethyl adjacent to an activating group) is 1. The van der Waals surface area contributed by atoms with Crippen LogP contribution in [0.15, 0.2) is 0 Å². The number of Topliss-reactive ketones (excluding diaryl/α,β-unsaturated/α-hetero) is 1. The topological polar surface area (TPSA) is 44.1 Å². The number of nitrogens with zero attached hydrogens (tertiary/aromatic N) is 2. The molecule has 1 heterocycles. The van der Waals surface area contributed by atoms with Gasteiger partial charge in [0.2, 0.25) is 0 Å². The molecule has 0 aromatic carbocycles. The van der Waals surface area contributed by atoms with E-state index >= 15 is 0 Å². The first-order valence-electron chi connectivity index (χ1n) is 3.35. The first kappa shape index (κ1) is 7.23. The van der Waals surface area contributed by atoms with Gasteiger partial charge in [-0.25, -0.2) is 0 Å². The molecule has 1 saturated heterocycles. The number of nitriles is 1. The molecule has 0 bridgehead atoms. The van der Waals surface area contributed by atoms with Crippen LogP contribution in [0.1, 0.15) is 6.42 Å². The summed E-state index contributed by atoms with van der Waals surface area (Å²) in [6.07, 6.45) is 0.700. The zero-order valence-electron chi connectivity index (χ0n) is 6.00. The molecule has 54 valence electrons. The standard InChI is InChI=1S/C7H10N2O/c1-9-3-2-6(4-8)7(10)5-9/h6H,2-3,5H2,1H3. The lowest BCUT2D eigenvalue weighted by atomic mass is 9.98. The van der Waals surface area contributed by atoms with Crippen molar-refractivity contribution in [3.8, 4) is 6.07 Å². The SMILES string of the molecule is CN1CCC(C#N)C(=O)C1. The third-order valence-electron chi connectivity index (χ3n) is 1.77. The Morgan fingerprint density at radius 1 is 1.80 bits per heavy atom. The highest BCUT2D eigenvalue weighted by Crippen LogP contribution is 2.10. The van der Waals surface area contributed by atoms with Crippen LogP contribution in [0.3, 0.4) is 0 Å². The summed E-state index contributed by atoms with van der Waals surface area (Å²) in [5, 5.41) is 8.46. The summed E-state index contributed by atoms with van der Waals surface area (Å²) in [6.45, 7) is 1.31. The van der Waals surface area contributed by atoms with Gasteiger partial charge in [0.05, 0.1) is 12.6 Å². The van der Waals surface area contributed by atoms with E-state index in [2.05, 4.69) is 0 Å². The van der Waals surface area contributed by atoms with Gasteiger partial charge in [0.15, 0.2) is 5.78 Å². The van der Waals surface area contributed by atoms with Crippen molar-refractivity contribution >= 4 is 5.78 Å². The van der Waals surface area contributed by atoms with Crippen molar-refractivity contribution in [2.75, 3.05) is 20.1 Å².